The Bertz CT molecular complexity index is 1280. The van der Waals surface area contributed by atoms with Crippen molar-refractivity contribution in [1.29, 1.82) is 0 Å². The molecule has 0 radical (unpaired) electrons. The van der Waals surface area contributed by atoms with Crippen LogP contribution in [0.5, 0.6) is 0 Å². The summed E-state index contributed by atoms with van der Waals surface area (Å²) in [6.45, 7) is 0. The van der Waals surface area contributed by atoms with E-state index in [-0.39, 0.29) is 21.6 Å². The molecular weight excluding hydrogens is 530 g/mol. The van der Waals surface area contributed by atoms with Gasteiger partial charge in [0.25, 0.3) is 0 Å². The zero-order chi connectivity index (χ0) is 26.4. The summed E-state index contributed by atoms with van der Waals surface area (Å²) in [5, 5.41) is 0. The Kier molecular flexibility index (Phi) is 5.48. The molecule has 4 aliphatic rings. The first-order chi connectivity index (χ1) is 16.5. The van der Waals surface area contributed by atoms with Crippen LogP contribution in [0.25, 0.3) is 0 Å². The van der Waals surface area contributed by atoms with Crippen molar-refractivity contribution in [2.24, 2.45) is 11.8 Å². The highest BCUT2D eigenvalue weighted by molar-refractivity contribution is 7.93. The van der Waals surface area contributed by atoms with Gasteiger partial charge in [0, 0.05) is 0 Å². The molecule has 2 aromatic rings. The van der Waals surface area contributed by atoms with Crippen molar-refractivity contribution >= 4 is 19.7 Å². The van der Waals surface area contributed by atoms with Crippen molar-refractivity contribution < 1.29 is 43.2 Å². The van der Waals surface area contributed by atoms with E-state index < -0.39 is 52.6 Å². The summed E-state index contributed by atoms with van der Waals surface area (Å²) in [5.41, 5.74) is -1.64. The molecule has 2 aromatic carbocycles. The number of hydrogen-bond donors (Lipinski definition) is 0. The van der Waals surface area contributed by atoms with E-state index in [0.717, 1.165) is 61.4 Å². The van der Waals surface area contributed by atoms with Gasteiger partial charge < -0.3 is 0 Å². The summed E-state index contributed by atoms with van der Waals surface area (Å²) in [6.07, 6.45) is -4.42. The minimum absolute atomic E-state index is 0.0118. The molecule has 0 amide bonds. The lowest BCUT2D eigenvalue weighted by Gasteiger charge is -2.25. The predicted octanol–water partition coefficient (Wildman–Crippen LogP) is 6.06. The number of hydrogen-bond acceptors (Lipinski definition) is 4. The van der Waals surface area contributed by atoms with E-state index in [2.05, 4.69) is 0 Å². The first-order valence-corrected chi connectivity index (χ1v) is 14.4. The van der Waals surface area contributed by atoms with E-state index in [1.54, 1.807) is 0 Å². The summed E-state index contributed by atoms with van der Waals surface area (Å²) in [6, 6.07) is 7.61. The van der Waals surface area contributed by atoms with Crippen LogP contribution >= 0.6 is 0 Å². The second-order valence-corrected chi connectivity index (χ2v) is 14.6. The Morgan fingerprint density at radius 3 is 1.06 bits per heavy atom. The number of alkyl halides is 6. The molecule has 0 unspecified atom stereocenters. The number of sulfone groups is 2. The molecular formula is C24H22F6O4S2. The zero-order valence-corrected chi connectivity index (χ0v) is 20.4. The lowest BCUT2D eigenvalue weighted by Crippen LogP contribution is -2.32. The number of fused-ring (bicyclic) bond motifs is 2. The van der Waals surface area contributed by atoms with Crippen molar-refractivity contribution in [2.45, 2.75) is 70.2 Å². The van der Waals surface area contributed by atoms with Crippen LogP contribution in [0.3, 0.4) is 0 Å². The van der Waals surface area contributed by atoms with Gasteiger partial charge in [-0.15, -0.1) is 0 Å². The Morgan fingerprint density at radius 2 is 0.889 bits per heavy atom. The van der Waals surface area contributed by atoms with Crippen molar-refractivity contribution in [3.05, 3.63) is 59.7 Å². The maximum absolute atomic E-state index is 12.4. The van der Waals surface area contributed by atoms with E-state index >= 15 is 0 Å². The van der Waals surface area contributed by atoms with Crippen molar-refractivity contribution in [3.63, 3.8) is 0 Å². The molecule has 0 aromatic heterocycles. The third-order valence-corrected chi connectivity index (χ3v) is 13.6. The topological polar surface area (TPSA) is 68.3 Å². The largest absolute Gasteiger partial charge is 0.416 e. The van der Waals surface area contributed by atoms with Crippen LogP contribution in [0.2, 0.25) is 0 Å². The molecule has 0 aliphatic heterocycles. The molecule has 0 spiro atoms. The fourth-order valence-corrected chi connectivity index (χ4v) is 10.2. The highest BCUT2D eigenvalue weighted by Gasteiger charge is 2.70. The minimum atomic E-state index is -4.43. The SMILES string of the molecule is O=S(=O)(c1ccc(C(F)(F)F)cc1)[C@]12CC[C@H]1C2.O=S(=O)(c1ccc(C(F)(F)F)cc1)[C@]12CC[C@H]1C2. The Balaban J connectivity index is 0.000000148. The average molecular weight is 553 g/mol. The van der Waals surface area contributed by atoms with Crippen LogP contribution in [-0.2, 0) is 32.0 Å². The van der Waals surface area contributed by atoms with Crippen LogP contribution in [0, 0.1) is 11.8 Å². The smallest absolute Gasteiger partial charge is 0.223 e. The van der Waals surface area contributed by atoms with E-state index in [1.165, 1.54) is 0 Å². The van der Waals surface area contributed by atoms with Crippen LogP contribution in [0.15, 0.2) is 58.3 Å². The fraction of sp³-hybridized carbons (Fsp3) is 0.500. The summed E-state index contributed by atoms with van der Waals surface area (Å²) >= 11 is 0. The Hall–Kier alpha value is -2.08. The number of halogens is 6. The van der Waals surface area contributed by atoms with Gasteiger partial charge in [-0.05, 0) is 98.9 Å². The molecule has 36 heavy (non-hydrogen) atoms. The third kappa shape index (κ3) is 3.77. The second-order valence-electron chi connectivity index (χ2n) is 10.1. The lowest BCUT2D eigenvalue weighted by atomic mass is 10.00. The quantitative estimate of drug-likeness (QED) is 0.433. The van der Waals surface area contributed by atoms with Gasteiger partial charge in [-0.2, -0.15) is 26.3 Å². The minimum Gasteiger partial charge on any atom is -0.223 e. The van der Waals surface area contributed by atoms with Gasteiger partial charge >= 0.3 is 12.4 Å². The predicted molar refractivity (Wildman–Crippen MR) is 117 cm³/mol. The van der Waals surface area contributed by atoms with Gasteiger partial charge in [-0.3, -0.25) is 0 Å². The van der Waals surface area contributed by atoms with Gasteiger partial charge in [-0.25, -0.2) is 16.8 Å². The molecule has 0 N–H and O–H groups in total. The van der Waals surface area contributed by atoms with Gasteiger partial charge in [0.2, 0.25) is 0 Å². The van der Waals surface area contributed by atoms with Gasteiger partial charge in [0.1, 0.15) is 0 Å². The molecule has 4 saturated carbocycles. The molecule has 0 saturated heterocycles. The number of benzene rings is 2. The van der Waals surface area contributed by atoms with Crippen LogP contribution < -0.4 is 0 Å². The Labute approximate surface area is 204 Å². The monoisotopic (exact) mass is 552 g/mol. The highest BCUT2D eigenvalue weighted by Crippen LogP contribution is 2.66. The van der Waals surface area contributed by atoms with E-state index in [0.29, 0.717) is 25.7 Å². The standard InChI is InChI=1S/2C12H11F3O2S/c2*13-12(14,15)8-1-3-10(4-2-8)18(16,17)11-6-5-9(11)7-11/h2*1-4,9H,5-7H2/t2*9-,11-/m00/s1. The van der Waals surface area contributed by atoms with Gasteiger partial charge in [-0.1, -0.05) is 0 Å². The fourth-order valence-electron chi connectivity index (χ4n) is 5.51. The molecule has 0 bridgehead atoms. The second kappa shape index (κ2) is 7.72. The first-order valence-electron chi connectivity index (χ1n) is 11.4. The van der Waals surface area contributed by atoms with Gasteiger partial charge in [0.15, 0.2) is 19.7 Å². The van der Waals surface area contributed by atoms with Crippen LogP contribution in [-0.4, -0.2) is 26.3 Å². The average Bonchev–Trinajstić information content (AvgIpc) is 3.55. The number of rotatable bonds is 4. The first kappa shape index (κ1) is 25.6. The molecule has 6 rings (SSSR count). The van der Waals surface area contributed by atoms with Crippen molar-refractivity contribution in [1.82, 2.24) is 0 Å². The lowest BCUT2D eigenvalue weighted by molar-refractivity contribution is -0.138. The third-order valence-electron chi connectivity index (χ3n) is 8.24. The molecule has 0 heterocycles. The molecule has 12 heteroatoms. The van der Waals surface area contributed by atoms with E-state index in [4.69, 9.17) is 0 Å². The van der Waals surface area contributed by atoms with E-state index in [1.807, 2.05) is 0 Å². The van der Waals surface area contributed by atoms with Crippen molar-refractivity contribution in [3.8, 4) is 0 Å². The molecule has 4 aliphatic carbocycles. The zero-order valence-electron chi connectivity index (χ0n) is 18.7. The normalized spacial score (nSPS) is 30.5. The summed E-state index contributed by atoms with van der Waals surface area (Å²) < 4.78 is 122. The van der Waals surface area contributed by atoms with Crippen LogP contribution in [0.4, 0.5) is 26.3 Å². The maximum Gasteiger partial charge on any atom is 0.416 e. The molecule has 4 atom stereocenters. The van der Waals surface area contributed by atoms with Gasteiger partial charge in [0.05, 0.1) is 30.4 Å². The molecule has 196 valence electrons. The molecule has 4 nitrogen and oxygen atoms in total. The Morgan fingerprint density at radius 1 is 0.583 bits per heavy atom. The summed E-state index contributed by atoms with van der Waals surface area (Å²) in [4.78, 5) is 0.0235. The van der Waals surface area contributed by atoms with E-state index in [9.17, 15) is 43.2 Å². The van der Waals surface area contributed by atoms with Crippen LogP contribution in [0.1, 0.15) is 49.7 Å². The highest BCUT2D eigenvalue weighted by atomic mass is 32.2. The maximum atomic E-state index is 12.4. The summed E-state index contributed by atoms with van der Waals surface area (Å²) in [5.74, 6) is 0.453. The summed E-state index contributed by atoms with van der Waals surface area (Å²) in [7, 11) is -6.91. The van der Waals surface area contributed by atoms with Crippen molar-refractivity contribution in [2.75, 3.05) is 0 Å². The molecule has 4 fully saturated rings.